The Morgan fingerprint density at radius 3 is 2.93 bits per heavy atom. The van der Waals surface area contributed by atoms with Gasteiger partial charge in [-0.1, -0.05) is 49.9 Å². The summed E-state index contributed by atoms with van der Waals surface area (Å²) in [6.07, 6.45) is 6.18. The molecule has 1 aliphatic heterocycles. The van der Waals surface area contributed by atoms with Gasteiger partial charge in [-0.15, -0.1) is 0 Å². The summed E-state index contributed by atoms with van der Waals surface area (Å²) >= 11 is 6.04. The number of aromatic amines is 1. The molecular formula is C22H29ClN4O2. The highest BCUT2D eigenvalue weighted by Gasteiger charge is 2.29. The number of nitrogens with zero attached hydrogens (tertiary/aromatic N) is 2. The first kappa shape index (κ1) is 21.4. The zero-order chi connectivity index (χ0) is 20.6. The SMILES string of the molecule is CCCCCCNC(=O)C1CCCN(C(=O)c2cc(-c3cccc(Cl)c3)n[nH]2)C1. The van der Waals surface area contributed by atoms with Gasteiger partial charge in [0.15, 0.2) is 0 Å². The lowest BCUT2D eigenvalue weighted by atomic mass is 9.96. The fourth-order valence-corrected chi connectivity index (χ4v) is 3.87. The van der Waals surface area contributed by atoms with E-state index in [-0.39, 0.29) is 17.7 Å². The summed E-state index contributed by atoms with van der Waals surface area (Å²) in [4.78, 5) is 27.1. The maximum Gasteiger partial charge on any atom is 0.271 e. The number of rotatable bonds is 8. The van der Waals surface area contributed by atoms with Crippen LogP contribution in [-0.4, -0.2) is 46.5 Å². The Balaban J connectivity index is 1.56. The number of aromatic nitrogens is 2. The first-order chi connectivity index (χ1) is 14.1. The molecule has 1 saturated heterocycles. The smallest absolute Gasteiger partial charge is 0.271 e. The number of benzene rings is 1. The van der Waals surface area contributed by atoms with Crippen molar-refractivity contribution in [3.63, 3.8) is 0 Å². The van der Waals surface area contributed by atoms with Crippen molar-refractivity contribution >= 4 is 23.4 Å². The molecule has 1 aromatic heterocycles. The summed E-state index contributed by atoms with van der Waals surface area (Å²) in [5.41, 5.74) is 1.96. The molecule has 2 amide bonds. The predicted octanol–water partition coefficient (Wildman–Crippen LogP) is 4.28. The molecule has 1 unspecified atom stereocenters. The third-order valence-corrected chi connectivity index (χ3v) is 5.57. The lowest BCUT2D eigenvalue weighted by Crippen LogP contribution is -2.45. The van der Waals surface area contributed by atoms with E-state index >= 15 is 0 Å². The topological polar surface area (TPSA) is 78.1 Å². The number of nitrogens with one attached hydrogen (secondary N) is 2. The molecule has 1 fully saturated rings. The van der Waals surface area contributed by atoms with E-state index in [1.165, 1.54) is 12.8 Å². The van der Waals surface area contributed by atoms with Crippen molar-refractivity contribution in [2.75, 3.05) is 19.6 Å². The molecule has 0 aliphatic carbocycles. The van der Waals surface area contributed by atoms with Crippen molar-refractivity contribution in [2.24, 2.45) is 5.92 Å². The Bertz CT molecular complexity index is 836. The highest BCUT2D eigenvalue weighted by atomic mass is 35.5. The highest BCUT2D eigenvalue weighted by Crippen LogP contribution is 2.23. The predicted molar refractivity (Wildman–Crippen MR) is 115 cm³/mol. The fraction of sp³-hybridized carbons (Fsp3) is 0.500. The van der Waals surface area contributed by atoms with Gasteiger partial charge in [-0.25, -0.2) is 0 Å². The molecule has 2 N–H and O–H groups in total. The zero-order valence-electron chi connectivity index (χ0n) is 16.9. The summed E-state index contributed by atoms with van der Waals surface area (Å²) in [7, 11) is 0. The lowest BCUT2D eigenvalue weighted by molar-refractivity contribution is -0.126. The molecule has 0 bridgehead atoms. The third kappa shape index (κ3) is 5.82. The van der Waals surface area contributed by atoms with Gasteiger partial charge in [0.1, 0.15) is 5.69 Å². The van der Waals surface area contributed by atoms with Gasteiger partial charge in [0.2, 0.25) is 5.91 Å². The minimum absolute atomic E-state index is 0.0585. The number of amides is 2. The van der Waals surface area contributed by atoms with Crippen molar-refractivity contribution in [1.29, 1.82) is 0 Å². The largest absolute Gasteiger partial charge is 0.356 e. The molecule has 1 aliphatic rings. The standard InChI is InChI=1S/C22H29ClN4O2/c1-2-3-4-5-11-24-21(28)17-9-7-12-27(15-17)22(29)20-14-19(25-26-20)16-8-6-10-18(23)13-16/h6,8,10,13-14,17H,2-5,7,9,11-12,15H2,1H3,(H,24,28)(H,25,26). The number of piperidine rings is 1. The average molecular weight is 417 g/mol. The van der Waals surface area contributed by atoms with Gasteiger partial charge in [0, 0.05) is 30.2 Å². The molecule has 3 rings (SSSR count). The van der Waals surface area contributed by atoms with E-state index in [4.69, 9.17) is 11.6 Å². The third-order valence-electron chi connectivity index (χ3n) is 5.34. The van der Waals surface area contributed by atoms with Gasteiger partial charge in [-0.2, -0.15) is 5.10 Å². The molecule has 2 aromatic rings. The van der Waals surface area contributed by atoms with Crippen LogP contribution in [-0.2, 0) is 4.79 Å². The molecule has 0 saturated carbocycles. The zero-order valence-corrected chi connectivity index (χ0v) is 17.7. The Morgan fingerprint density at radius 2 is 2.14 bits per heavy atom. The number of likely N-dealkylation sites (tertiary alicyclic amines) is 1. The quantitative estimate of drug-likeness (QED) is 0.630. The second kappa shape index (κ2) is 10.4. The summed E-state index contributed by atoms with van der Waals surface area (Å²) in [6.45, 7) is 3.99. The molecular weight excluding hydrogens is 388 g/mol. The van der Waals surface area contributed by atoms with Gasteiger partial charge in [0.25, 0.3) is 5.91 Å². The molecule has 2 heterocycles. The normalized spacial score (nSPS) is 16.6. The maximum atomic E-state index is 12.9. The van der Waals surface area contributed by atoms with E-state index in [9.17, 15) is 9.59 Å². The first-order valence-electron chi connectivity index (χ1n) is 10.5. The Hall–Kier alpha value is -2.34. The number of carbonyl (C=O) groups is 2. The molecule has 6 nitrogen and oxygen atoms in total. The Labute approximate surface area is 177 Å². The van der Waals surface area contributed by atoms with E-state index in [1.54, 1.807) is 17.0 Å². The van der Waals surface area contributed by atoms with Crippen LogP contribution in [0.4, 0.5) is 0 Å². The van der Waals surface area contributed by atoms with Gasteiger partial charge < -0.3 is 10.2 Å². The minimum Gasteiger partial charge on any atom is -0.356 e. The molecule has 0 radical (unpaired) electrons. The maximum absolute atomic E-state index is 12.9. The fourth-order valence-electron chi connectivity index (χ4n) is 3.68. The van der Waals surface area contributed by atoms with Gasteiger partial charge >= 0.3 is 0 Å². The number of halogens is 1. The minimum atomic E-state index is -0.144. The molecule has 1 aromatic carbocycles. The van der Waals surface area contributed by atoms with E-state index in [2.05, 4.69) is 22.4 Å². The van der Waals surface area contributed by atoms with Crippen LogP contribution in [0.2, 0.25) is 5.02 Å². The van der Waals surface area contributed by atoms with Crippen LogP contribution in [0.3, 0.4) is 0 Å². The number of unbranched alkanes of at least 4 members (excludes halogenated alkanes) is 3. The van der Waals surface area contributed by atoms with Gasteiger partial charge in [0.05, 0.1) is 11.6 Å². The van der Waals surface area contributed by atoms with Crippen molar-refractivity contribution in [2.45, 2.75) is 45.4 Å². The second-order valence-electron chi connectivity index (χ2n) is 7.62. The van der Waals surface area contributed by atoms with Gasteiger partial charge in [-0.05, 0) is 37.5 Å². The van der Waals surface area contributed by atoms with Crippen molar-refractivity contribution in [3.8, 4) is 11.3 Å². The molecule has 29 heavy (non-hydrogen) atoms. The van der Waals surface area contributed by atoms with Crippen molar-refractivity contribution < 1.29 is 9.59 Å². The molecule has 7 heteroatoms. The Kier molecular flexibility index (Phi) is 7.69. The number of H-pyrrole nitrogens is 1. The highest BCUT2D eigenvalue weighted by molar-refractivity contribution is 6.30. The van der Waals surface area contributed by atoms with Crippen LogP contribution in [0.5, 0.6) is 0 Å². The molecule has 1 atom stereocenters. The van der Waals surface area contributed by atoms with Crippen molar-refractivity contribution in [3.05, 3.63) is 41.0 Å². The van der Waals surface area contributed by atoms with E-state index in [0.717, 1.165) is 31.2 Å². The monoisotopic (exact) mass is 416 g/mol. The first-order valence-corrected chi connectivity index (χ1v) is 10.8. The summed E-state index contributed by atoms with van der Waals surface area (Å²) < 4.78 is 0. The van der Waals surface area contributed by atoms with E-state index in [0.29, 0.717) is 36.0 Å². The second-order valence-corrected chi connectivity index (χ2v) is 8.06. The lowest BCUT2D eigenvalue weighted by Gasteiger charge is -2.31. The van der Waals surface area contributed by atoms with Crippen molar-refractivity contribution in [1.82, 2.24) is 20.4 Å². The van der Waals surface area contributed by atoms with Crippen LogP contribution in [0.1, 0.15) is 55.9 Å². The van der Waals surface area contributed by atoms with Crippen LogP contribution >= 0.6 is 11.6 Å². The summed E-state index contributed by atoms with van der Waals surface area (Å²) in [5, 5.41) is 10.7. The number of hydrogen-bond acceptors (Lipinski definition) is 3. The van der Waals surface area contributed by atoms with E-state index in [1.807, 2.05) is 18.2 Å². The van der Waals surface area contributed by atoms with Crippen LogP contribution < -0.4 is 5.32 Å². The molecule has 156 valence electrons. The van der Waals surface area contributed by atoms with Crippen LogP contribution in [0.15, 0.2) is 30.3 Å². The van der Waals surface area contributed by atoms with Gasteiger partial charge in [-0.3, -0.25) is 14.7 Å². The number of hydrogen-bond donors (Lipinski definition) is 2. The molecule has 0 spiro atoms. The van der Waals surface area contributed by atoms with Crippen LogP contribution in [0, 0.1) is 5.92 Å². The number of carbonyl (C=O) groups excluding carboxylic acids is 2. The average Bonchev–Trinajstić information content (AvgIpc) is 3.23. The summed E-state index contributed by atoms with van der Waals surface area (Å²) in [6, 6.07) is 9.10. The van der Waals surface area contributed by atoms with Crippen LogP contribution in [0.25, 0.3) is 11.3 Å². The summed E-state index contributed by atoms with van der Waals surface area (Å²) in [5.74, 6) is -0.205. The Morgan fingerprint density at radius 1 is 1.28 bits per heavy atom. The van der Waals surface area contributed by atoms with E-state index < -0.39 is 0 Å².